The zero-order chi connectivity index (χ0) is 21.9. The van der Waals surface area contributed by atoms with Gasteiger partial charge < -0.3 is 15.2 Å². The highest BCUT2D eigenvalue weighted by Gasteiger charge is 2.57. The molecule has 1 aliphatic carbocycles. The van der Waals surface area contributed by atoms with Gasteiger partial charge in [0.15, 0.2) is 0 Å². The van der Waals surface area contributed by atoms with Gasteiger partial charge in [-0.05, 0) is 62.1 Å². The number of carbonyl (C=O) groups is 1. The van der Waals surface area contributed by atoms with Gasteiger partial charge in [-0.25, -0.2) is 0 Å². The number of β-amino-alcohol motifs (C(OH)–C–C–N with tert-alkyl or cyclic N) is 1. The highest BCUT2D eigenvalue weighted by Crippen LogP contribution is 2.52. The van der Waals surface area contributed by atoms with Gasteiger partial charge in [-0.3, -0.25) is 9.69 Å². The predicted octanol–water partition coefficient (Wildman–Crippen LogP) is 3.54. The fourth-order valence-electron chi connectivity index (χ4n) is 5.50. The summed E-state index contributed by atoms with van der Waals surface area (Å²) in [6.45, 7) is 6.12. The molecule has 2 aromatic carbocycles. The lowest BCUT2D eigenvalue weighted by Crippen LogP contribution is -2.67. The van der Waals surface area contributed by atoms with Crippen molar-refractivity contribution >= 4 is 5.91 Å². The summed E-state index contributed by atoms with van der Waals surface area (Å²) >= 11 is 0. The largest absolute Gasteiger partial charge is 0.497 e. The molecule has 4 rings (SSSR count). The topological polar surface area (TPSA) is 61.8 Å². The first-order valence-electron chi connectivity index (χ1n) is 11.1. The molecular formula is C26H32N2O3. The van der Waals surface area contributed by atoms with E-state index in [9.17, 15) is 9.90 Å². The molecule has 2 aliphatic rings. The summed E-state index contributed by atoms with van der Waals surface area (Å²) in [7, 11) is 1.67. The summed E-state index contributed by atoms with van der Waals surface area (Å²) in [6, 6.07) is 17.4. The third-order valence-electron chi connectivity index (χ3n) is 7.11. The molecule has 5 nitrogen and oxygen atoms in total. The van der Waals surface area contributed by atoms with Crippen LogP contribution in [-0.2, 0) is 5.41 Å². The van der Waals surface area contributed by atoms with Gasteiger partial charge >= 0.3 is 0 Å². The van der Waals surface area contributed by atoms with Crippen molar-refractivity contribution in [2.75, 3.05) is 26.7 Å². The van der Waals surface area contributed by atoms with Gasteiger partial charge in [0.25, 0.3) is 5.91 Å². The summed E-state index contributed by atoms with van der Waals surface area (Å²) in [6.07, 6.45) is 4.81. The van der Waals surface area contributed by atoms with Gasteiger partial charge in [-0.15, -0.1) is 6.58 Å². The molecule has 1 amide bonds. The average molecular weight is 421 g/mol. The van der Waals surface area contributed by atoms with Crippen LogP contribution in [0.15, 0.2) is 67.3 Å². The zero-order valence-electron chi connectivity index (χ0n) is 18.2. The molecule has 1 saturated carbocycles. The van der Waals surface area contributed by atoms with Crippen LogP contribution in [0.3, 0.4) is 0 Å². The lowest BCUT2D eigenvalue weighted by molar-refractivity contribution is -0.123. The molecule has 5 heteroatoms. The van der Waals surface area contributed by atoms with E-state index in [0.29, 0.717) is 24.9 Å². The summed E-state index contributed by atoms with van der Waals surface area (Å²) < 4.78 is 5.49. The Hall–Kier alpha value is -2.63. The van der Waals surface area contributed by atoms with Crippen LogP contribution in [0.4, 0.5) is 0 Å². The maximum Gasteiger partial charge on any atom is 0.251 e. The minimum Gasteiger partial charge on any atom is -0.497 e. The van der Waals surface area contributed by atoms with Crippen LogP contribution in [0.2, 0.25) is 0 Å². The number of amides is 1. The van der Waals surface area contributed by atoms with E-state index in [-0.39, 0.29) is 11.9 Å². The Morgan fingerprint density at radius 1 is 1.26 bits per heavy atom. The van der Waals surface area contributed by atoms with Crippen LogP contribution in [0, 0.1) is 0 Å². The van der Waals surface area contributed by atoms with Gasteiger partial charge in [0, 0.05) is 30.1 Å². The standard InChI is InChI=1S/C26H32N2O3/c1-3-15-28-16-14-25(21-10-7-11-23(17-21)31-2)18-22(12-13-26(25,30)19-28)27-24(29)20-8-5-4-6-9-20/h3-11,17,22,30H,1,12-16,18-19H2,2H3,(H,27,29)/t22-,25+,26+/m1/s1. The Kier molecular flexibility index (Phi) is 6.17. The SMILES string of the molecule is C=CCN1CC[C@@]2(c3cccc(OC)c3)C[C@H](NC(=O)c3ccccc3)CC[C@]2(O)C1. The molecule has 1 aliphatic heterocycles. The minimum atomic E-state index is -0.866. The Morgan fingerprint density at radius 2 is 2.06 bits per heavy atom. The van der Waals surface area contributed by atoms with Crippen molar-refractivity contribution in [2.45, 2.75) is 42.7 Å². The molecule has 2 aromatic rings. The highest BCUT2D eigenvalue weighted by molar-refractivity contribution is 5.94. The summed E-state index contributed by atoms with van der Waals surface area (Å²) in [5.74, 6) is 0.735. The molecule has 1 saturated heterocycles. The average Bonchev–Trinajstić information content (AvgIpc) is 2.80. The number of aliphatic hydroxyl groups is 1. The van der Waals surface area contributed by atoms with Crippen molar-refractivity contribution in [2.24, 2.45) is 0 Å². The quantitative estimate of drug-likeness (QED) is 0.702. The maximum absolute atomic E-state index is 12.8. The van der Waals surface area contributed by atoms with Gasteiger partial charge in [0.05, 0.1) is 12.7 Å². The van der Waals surface area contributed by atoms with Crippen LogP contribution in [0.5, 0.6) is 5.75 Å². The Balaban J connectivity index is 1.65. The molecule has 0 bridgehead atoms. The number of fused-ring (bicyclic) bond motifs is 1. The molecule has 1 heterocycles. The fraction of sp³-hybridized carbons (Fsp3) is 0.423. The molecule has 164 valence electrons. The summed E-state index contributed by atoms with van der Waals surface area (Å²) in [5.41, 5.74) is 0.451. The van der Waals surface area contributed by atoms with E-state index in [2.05, 4.69) is 28.9 Å². The Labute approximate surface area is 184 Å². The van der Waals surface area contributed by atoms with Gasteiger partial charge in [-0.1, -0.05) is 36.4 Å². The van der Waals surface area contributed by atoms with E-state index in [0.717, 1.165) is 37.2 Å². The number of piperidine rings is 1. The van der Waals surface area contributed by atoms with E-state index >= 15 is 0 Å². The Morgan fingerprint density at radius 3 is 2.81 bits per heavy atom. The molecule has 0 unspecified atom stereocenters. The number of nitrogens with zero attached hydrogens (tertiary/aromatic N) is 1. The molecule has 2 N–H and O–H groups in total. The number of likely N-dealkylation sites (tertiary alicyclic amines) is 1. The van der Waals surface area contributed by atoms with Crippen LogP contribution in [0.1, 0.15) is 41.6 Å². The number of ether oxygens (including phenoxy) is 1. The van der Waals surface area contributed by atoms with Gasteiger partial charge in [0.1, 0.15) is 5.75 Å². The number of carbonyl (C=O) groups excluding carboxylic acids is 1. The second kappa shape index (κ2) is 8.85. The van der Waals surface area contributed by atoms with E-state index in [4.69, 9.17) is 4.74 Å². The van der Waals surface area contributed by atoms with Crippen molar-refractivity contribution in [1.29, 1.82) is 0 Å². The molecular weight excluding hydrogens is 388 g/mol. The van der Waals surface area contributed by atoms with Crippen molar-refractivity contribution in [3.8, 4) is 5.75 Å². The monoisotopic (exact) mass is 420 g/mol. The highest BCUT2D eigenvalue weighted by atomic mass is 16.5. The lowest BCUT2D eigenvalue weighted by atomic mass is 9.55. The van der Waals surface area contributed by atoms with Crippen molar-refractivity contribution < 1.29 is 14.6 Å². The predicted molar refractivity (Wildman–Crippen MR) is 122 cm³/mol. The minimum absolute atomic E-state index is 0.00476. The van der Waals surface area contributed by atoms with E-state index in [1.54, 1.807) is 7.11 Å². The first-order chi connectivity index (χ1) is 15.0. The fourth-order valence-corrected chi connectivity index (χ4v) is 5.50. The number of benzene rings is 2. The normalized spacial score (nSPS) is 28.4. The Bertz CT molecular complexity index is 931. The lowest BCUT2D eigenvalue weighted by Gasteiger charge is -2.58. The van der Waals surface area contributed by atoms with Crippen molar-refractivity contribution in [3.63, 3.8) is 0 Å². The summed E-state index contributed by atoms with van der Waals surface area (Å²) in [5, 5.41) is 15.2. The molecule has 0 spiro atoms. The van der Waals surface area contributed by atoms with Gasteiger partial charge in [0.2, 0.25) is 0 Å². The second-order valence-corrected chi connectivity index (χ2v) is 8.90. The van der Waals surface area contributed by atoms with Crippen molar-refractivity contribution in [1.82, 2.24) is 10.2 Å². The first-order valence-corrected chi connectivity index (χ1v) is 11.1. The smallest absolute Gasteiger partial charge is 0.251 e. The zero-order valence-corrected chi connectivity index (χ0v) is 18.2. The first kappa shape index (κ1) is 21.6. The van der Waals surface area contributed by atoms with E-state index in [1.165, 1.54) is 0 Å². The number of methoxy groups -OCH3 is 1. The number of rotatable bonds is 6. The molecule has 31 heavy (non-hydrogen) atoms. The molecule has 0 aromatic heterocycles. The number of hydrogen-bond donors (Lipinski definition) is 2. The van der Waals surface area contributed by atoms with Crippen LogP contribution >= 0.6 is 0 Å². The van der Waals surface area contributed by atoms with Crippen LogP contribution in [-0.4, -0.2) is 54.3 Å². The molecule has 0 radical (unpaired) electrons. The third kappa shape index (κ3) is 4.12. The van der Waals surface area contributed by atoms with Gasteiger partial charge in [-0.2, -0.15) is 0 Å². The molecule has 2 fully saturated rings. The van der Waals surface area contributed by atoms with E-state index in [1.807, 2.05) is 48.5 Å². The number of hydrogen-bond acceptors (Lipinski definition) is 4. The van der Waals surface area contributed by atoms with E-state index < -0.39 is 11.0 Å². The van der Waals surface area contributed by atoms with Crippen LogP contribution in [0.25, 0.3) is 0 Å². The summed E-state index contributed by atoms with van der Waals surface area (Å²) in [4.78, 5) is 15.1. The van der Waals surface area contributed by atoms with Crippen molar-refractivity contribution in [3.05, 3.63) is 78.4 Å². The second-order valence-electron chi connectivity index (χ2n) is 8.90. The third-order valence-corrected chi connectivity index (χ3v) is 7.11. The van der Waals surface area contributed by atoms with Crippen LogP contribution < -0.4 is 10.1 Å². The number of nitrogens with one attached hydrogen (secondary N) is 1. The maximum atomic E-state index is 12.8. The molecule has 3 atom stereocenters.